The summed E-state index contributed by atoms with van der Waals surface area (Å²) in [6.45, 7) is 3.74. The van der Waals surface area contributed by atoms with Crippen molar-refractivity contribution in [2.45, 2.75) is 6.18 Å². The number of hydrogen-bond donors (Lipinski definition) is 0. The van der Waals surface area contributed by atoms with E-state index in [-0.39, 0.29) is 5.75 Å². The van der Waals surface area contributed by atoms with Gasteiger partial charge in [-0.2, -0.15) is 13.2 Å². The lowest BCUT2D eigenvalue weighted by molar-refractivity contribution is -0.137. The maximum Gasteiger partial charge on any atom is 0.416 e. The minimum Gasteiger partial charge on any atom is -0.457 e. The highest BCUT2D eigenvalue weighted by Crippen LogP contribution is 2.33. The second-order valence-electron chi connectivity index (χ2n) is 3.74. The number of benzene rings is 2. The van der Waals surface area contributed by atoms with Gasteiger partial charge in [0.05, 0.1) is 5.56 Å². The van der Waals surface area contributed by atoms with Gasteiger partial charge >= 0.3 is 6.18 Å². The normalized spacial score (nSPS) is 11.3. The molecule has 0 aliphatic heterocycles. The van der Waals surface area contributed by atoms with E-state index in [1.54, 1.807) is 24.3 Å². The van der Waals surface area contributed by atoms with Gasteiger partial charge in [0.1, 0.15) is 11.5 Å². The van der Waals surface area contributed by atoms with Gasteiger partial charge in [0.25, 0.3) is 0 Å². The van der Waals surface area contributed by atoms with Crippen molar-refractivity contribution in [3.05, 3.63) is 66.6 Å². The smallest absolute Gasteiger partial charge is 0.416 e. The van der Waals surface area contributed by atoms with Gasteiger partial charge < -0.3 is 4.74 Å². The number of rotatable bonds is 2. The Kier molecular flexibility index (Phi) is 3.28. The highest BCUT2D eigenvalue weighted by atomic mass is 19.4. The van der Waals surface area contributed by atoms with E-state index in [1.807, 2.05) is 0 Å². The molecular formula is C14H10F3O. The average Bonchev–Trinajstić information content (AvgIpc) is 2.31. The third-order valence-corrected chi connectivity index (χ3v) is 2.36. The molecule has 0 heterocycles. The van der Waals surface area contributed by atoms with Crippen molar-refractivity contribution in [1.29, 1.82) is 0 Å². The molecule has 0 atom stereocenters. The SMILES string of the molecule is [CH2]c1ccccc1Oc1cccc(C(F)(F)F)c1. The molecule has 0 aliphatic rings. The maximum absolute atomic E-state index is 12.5. The Bertz CT molecular complexity index is 547. The van der Waals surface area contributed by atoms with Gasteiger partial charge in [-0.05, 0) is 36.8 Å². The summed E-state index contributed by atoms with van der Waals surface area (Å²) in [7, 11) is 0. The topological polar surface area (TPSA) is 9.23 Å². The fourth-order valence-corrected chi connectivity index (χ4v) is 1.47. The number of halogens is 3. The van der Waals surface area contributed by atoms with E-state index in [1.165, 1.54) is 12.1 Å². The van der Waals surface area contributed by atoms with E-state index in [2.05, 4.69) is 6.92 Å². The number of hydrogen-bond acceptors (Lipinski definition) is 1. The largest absolute Gasteiger partial charge is 0.457 e. The summed E-state index contributed by atoms with van der Waals surface area (Å²) in [4.78, 5) is 0. The van der Waals surface area contributed by atoms with Crippen molar-refractivity contribution in [3.8, 4) is 11.5 Å². The molecule has 93 valence electrons. The molecule has 1 radical (unpaired) electrons. The first kappa shape index (κ1) is 12.5. The molecule has 18 heavy (non-hydrogen) atoms. The van der Waals surface area contributed by atoms with Crippen LogP contribution >= 0.6 is 0 Å². The summed E-state index contributed by atoms with van der Waals surface area (Å²) in [6, 6.07) is 11.6. The van der Waals surface area contributed by atoms with Crippen LogP contribution in [0.2, 0.25) is 0 Å². The second kappa shape index (κ2) is 4.72. The molecule has 2 aromatic rings. The first-order valence-corrected chi connectivity index (χ1v) is 5.23. The zero-order chi connectivity index (χ0) is 13.2. The molecule has 4 heteroatoms. The van der Waals surface area contributed by atoms with Gasteiger partial charge in [-0.25, -0.2) is 0 Å². The van der Waals surface area contributed by atoms with Gasteiger partial charge in [-0.1, -0.05) is 24.3 Å². The zero-order valence-corrected chi connectivity index (χ0v) is 9.37. The highest BCUT2D eigenvalue weighted by molar-refractivity contribution is 5.40. The number of para-hydroxylation sites is 1. The van der Waals surface area contributed by atoms with E-state index in [0.29, 0.717) is 11.3 Å². The van der Waals surface area contributed by atoms with Crippen LogP contribution in [0.3, 0.4) is 0 Å². The molecule has 0 aromatic heterocycles. The van der Waals surface area contributed by atoms with Crippen molar-refractivity contribution in [3.63, 3.8) is 0 Å². The molecule has 2 rings (SSSR count). The molecule has 2 aromatic carbocycles. The zero-order valence-electron chi connectivity index (χ0n) is 9.37. The second-order valence-corrected chi connectivity index (χ2v) is 3.74. The summed E-state index contributed by atoms with van der Waals surface area (Å²) in [5.41, 5.74) is -0.114. The van der Waals surface area contributed by atoms with Crippen LogP contribution in [-0.4, -0.2) is 0 Å². The quantitative estimate of drug-likeness (QED) is 0.753. The molecule has 0 saturated heterocycles. The van der Waals surface area contributed by atoms with E-state index in [4.69, 9.17) is 4.74 Å². The lowest BCUT2D eigenvalue weighted by Crippen LogP contribution is -2.04. The van der Waals surface area contributed by atoms with Gasteiger partial charge in [0, 0.05) is 0 Å². The maximum atomic E-state index is 12.5. The average molecular weight is 251 g/mol. The Balaban J connectivity index is 2.28. The predicted molar refractivity (Wildman–Crippen MR) is 62.4 cm³/mol. The molecule has 0 amide bonds. The van der Waals surface area contributed by atoms with Crippen LogP contribution < -0.4 is 4.74 Å². The molecule has 1 nitrogen and oxygen atoms in total. The van der Waals surface area contributed by atoms with Crippen molar-refractivity contribution in [2.75, 3.05) is 0 Å². The minimum atomic E-state index is -4.37. The molecule has 0 aliphatic carbocycles. The van der Waals surface area contributed by atoms with Crippen LogP contribution in [0, 0.1) is 6.92 Å². The van der Waals surface area contributed by atoms with Gasteiger partial charge in [0.15, 0.2) is 0 Å². The molecule has 0 bridgehead atoms. The fraction of sp³-hybridized carbons (Fsp3) is 0.0714. The summed E-state index contributed by atoms with van der Waals surface area (Å²) >= 11 is 0. The van der Waals surface area contributed by atoms with Gasteiger partial charge in [-0.15, -0.1) is 0 Å². The van der Waals surface area contributed by atoms with Crippen LogP contribution in [0.1, 0.15) is 11.1 Å². The molecule has 0 unspecified atom stereocenters. The van der Waals surface area contributed by atoms with Crippen LogP contribution in [0.25, 0.3) is 0 Å². The lowest BCUT2D eigenvalue weighted by Gasteiger charge is -2.11. The van der Waals surface area contributed by atoms with E-state index in [0.717, 1.165) is 12.1 Å². The minimum absolute atomic E-state index is 0.140. The molecule has 0 fully saturated rings. The van der Waals surface area contributed by atoms with Crippen molar-refractivity contribution < 1.29 is 17.9 Å². The van der Waals surface area contributed by atoms with E-state index in [9.17, 15) is 13.2 Å². The first-order chi connectivity index (χ1) is 8.47. The Hall–Kier alpha value is -1.97. The molecule has 0 saturated carbocycles. The Morgan fingerprint density at radius 3 is 2.33 bits per heavy atom. The summed E-state index contributed by atoms with van der Waals surface area (Å²) < 4.78 is 42.9. The molecule has 0 spiro atoms. The Labute approximate surface area is 103 Å². The van der Waals surface area contributed by atoms with Crippen LogP contribution in [0.15, 0.2) is 48.5 Å². The number of ether oxygens (including phenoxy) is 1. The van der Waals surface area contributed by atoms with E-state index < -0.39 is 11.7 Å². The molecular weight excluding hydrogens is 241 g/mol. The van der Waals surface area contributed by atoms with Crippen LogP contribution in [-0.2, 0) is 6.18 Å². The van der Waals surface area contributed by atoms with Gasteiger partial charge in [0.2, 0.25) is 0 Å². The van der Waals surface area contributed by atoms with Crippen molar-refractivity contribution in [2.24, 2.45) is 0 Å². The van der Waals surface area contributed by atoms with Crippen LogP contribution in [0.5, 0.6) is 11.5 Å². The van der Waals surface area contributed by atoms with Crippen molar-refractivity contribution >= 4 is 0 Å². The fourth-order valence-electron chi connectivity index (χ4n) is 1.47. The predicted octanol–water partition coefficient (Wildman–Crippen LogP) is 4.68. The Morgan fingerprint density at radius 1 is 0.944 bits per heavy atom. The number of alkyl halides is 3. The summed E-state index contributed by atoms with van der Waals surface area (Å²) in [5, 5.41) is 0. The summed E-state index contributed by atoms with van der Waals surface area (Å²) in [5.74, 6) is 0.581. The Morgan fingerprint density at radius 2 is 1.67 bits per heavy atom. The summed E-state index contributed by atoms with van der Waals surface area (Å²) in [6.07, 6.45) is -4.37. The third-order valence-electron chi connectivity index (χ3n) is 2.36. The van der Waals surface area contributed by atoms with Gasteiger partial charge in [-0.3, -0.25) is 0 Å². The molecule has 0 N–H and O–H groups in total. The third kappa shape index (κ3) is 2.83. The monoisotopic (exact) mass is 251 g/mol. The van der Waals surface area contributed by atoms with Crippen LogP contribution in [0.4, 0.5) is 13.2 Å². The highest BCUT2D eigenvalue weighted by Gasteiger charge is 2.30. The van der Waals surface area contributed by atoms with E-state index >= 15 is 0 Å². The van der Waals surface area contributed by atoms with Crippen molar-refractivity contribution in [1.82, 2.24) is 0 Å². The lowest BCUT2D eigenvalue weighted by atomic mass is 10.2. The first-order valence-electron chi connectivity index (χ1n) is 5.23. The standard InChI is InChI=1S/C14H10F3O/c1-10-5-2-3-8-13(10)18-12-7-4-6-11(9-12)14(15,16)17/h2-9H,1H2.